The second-order valence-electron chi connectivity index (χ2n) is 5.23. The predicted octanol–water partition coefficient (Wildman–Crippen LogP) is -0.0808. The van der Waals surface area contributed by atoms with Crippen LogP contribution in [0.25, 0.3) is 11.0 Å². The van der Waals surface area contributed by atoms with Gasteiger partial charge in [-0.3, -0.25) is 0 Å². The topological polar surface area (TPSA) is 109 Å². The molecule has 1 fully saturated rings. The van der Waals surface area contributed by atoms with E-state index in [0.717, 1.165) is 10.9 Å². The van der Waals surface area contributed by atoms with Gasteiger partial charge in [0.25, 0.3) is 0 Å². The van der Waals surface area contributed by atoms with Crippen molar-refractivity contribution in [2.24, 2.45) is 0 Å². The van der Waals surface area contributed by atoms with E-state index >= 15 is 0 Å². The van der Waals surface area contributed by atoms with Gasteiger partial charge in [0, 0.05) is 17.5 Å². The fourth-order valence-electron chi connectivity index (χ4n) is 2.48. The van der Waals surface area contributed by atoms with Crippen LogP contribution in [-0.2, 0) is 4.74 Å². The molecule has 7 heteroatoms. The van der Waals surface area contributed by atoms with Crippen LogP contribution in [0.1, 0.15) is 5.56 Å². The van der Waals surface area contributed by atoms with Crippen molar-refractivity contribution in [1.82, 2.24) is 0 Å². The van der Waals surface area contributed by atoms with Crippen LogP contribution in [0.5, 0.6) is 5.75 Å². The van der Waals surface area contributed by atoms with Gasteiger partial charge < -0.3 is 29.2 Å². The van der Waals surface area contributed by atoms with Gasteiger partial charge in [0.2, 0.25) is 6.29 Å². The fourth-order valence-corrected chi connectivity index (χ4v) is 2.48. The van der Waals surface area contributed by atoms with Crippen molar-refractivity contribution >= 4 is 11.0 Å². The van der Waals surface area contributed by atoms with Gasteiger partial charge in [-0.05, 0) is 24.6 Å². The molecule has 1 saturated heterocycles. The Morgan fingerprint density at radius 1 is 1.23 bits per heavy atom. The fraction of sp³-hybridized carbons (Fsp3) is 0.400. The molecule has 0 radical (unpaired) electrons. The van der Waals surface area contributed by atoms with Crippen LogP contribution in [0.15, 0.2) is 33.5 Å². The van der Waals surface area contributed by atoms with E-state index in [9.17, 15) is 15.0 Å². The van der Waals surface area contributed by atoms with Crippen LogP contribution in [0.3, 0.4) is 0 Å². The zero-order valence-corrected chi connectivity index (χ0v) is 11.8. The second-order valence-corrected chi connectivity index (χ2v) is 5.23. The third kappa shape index (κ3) is 2.59. The Kier molecular flexibility index (Phi) is 3.88. The van der Waals surface area contributed by atoms with Crippen LogP contribution in [0.2, 0.25) is 0 Å². The largest absolute Gasteiger partial charge is 0.462 e. The maximum absolute atomic E-state index is 11.4. The maximum Gasteiger partial charge on any atom is 0.336 e. The Morgan fingerprint density at radius 3 is 2.68 bits per heavy atom. The summed E-state index contributed by atoms with van der Waals surface area (Å²) in [5, 5.41) is 29.3. The SMILES string of the molecule is Cc1cc(=O)oc2cc(O[C@@H]3O[C@@H](CO)[C@@H](O)[C@H]3O)ccc12. The van der Waals surface area contributed by atoms with Crippen LogP contribution in [0.4, 0.5) is 0 Å². The molecule has 1 aromatic carbocycles. The minimum Gasteiger partial charge on any atom is -0.462 e. The summed E-state index contributed by atoms with van der Waals surface area (Å²) in [6.45, 7) is 1.37. The van der Waals surface area contributed by atoms with E-state index in [4.69, 9.17) is 19.0 Å². The molecule has 3 rings (SSSR count). The lowest BCUT2D eigenvalue weighted by molar-refractivity contribution is -0.116. The lowest BCUT2D eigenvalue weighted by atomic mass is 10.1. The van der Waals surface area contributed by atoms with Crippen LogP contribution >= 0.6 is 0 Å². The molecule has 22 heavy (non-hydrogen) atoms. The zero-order chi connectivity index (χ0) is 15.9. The molecule has 1 aromatic heterocycles. The summed E-state index contributed by atoms with van der Waals surface area (Å²) < 4.78 is 15.8. The highest BCUT2D eigenvalue weighted by Crippen LogP contribution is 2.27. The van der Waals surface area contributed by atoms with Crippen molar-refractivity contribution in [2.75, 3.05) is 6.61 Å². The Hall–Kier alpha value is -1.93. The van der Waals surface area contributed by atoms with Crippen molar-refractivity contribution in [3.63, 3.8) is 0 Å². The number of benzene rings is 1. The van der Waals surface area contributed by atoms with Crippen molar-refractivity contribution < 1.29 is 29.2 Å². The minimum atomic E-state index is -1.28. The molecule has 7 nitrogen and oxygen atoms in total. The smallest absolute Gasteiger partial charge is 0.336 e. The lowest BCUT2D eigenvalue weighted by Gasteiger charge is -2.17. The van der Waals surface area contributed by atoms with Gasteiger partial charge in [-0.1, -0.05) is 0 Å². The summed E-state index contributed by atoms with van der Waals surface area (Å²) in [5.74, 6) is 0.316. The Morgan fingerprint density at radius 2 is 2.00 bits per heavy atom. The van der Waals surface area contributed by atoms with Crippen molar-refractivity contribution in [2.45, 2.75) is 31.5 Å². The van der Waals surface area contributed by atoms with E-state index in [1.165, 1.54) is 12.1 Å². The monoisotopic (exact) mass is 308 g/mol. The van der Waals surface area contributed by atoms with E-state index < -0.39 is 36.8 Å². The van der Waals surface area contributed by atoms with E-state index in [2.05, 4.69) is 0 Å². The molecule has 3 N–H and O–H groups in total. The molecule has 1 aliphatic rings. The van der Waals surface area contributed by atoms with E-state index in [1.807, 2.05) is 0 Å². The number of rotatable bonds is 3. The Bertz CT molecular complexity index is 738. The van der Waals surface area contributed by atoms with Crippen LogP contribution in [0, 0.1) is 6.92 Å². The number of aryl methyl sites for hydroxylation is 1. The molecule has 2 heterocycles. The number of hydrogen-bond acceptors (Lipinski definition) is 7. The molecule has 1 aliphatic heterocycles. The van der Waals surface area contributed by atoms with Crippen LogP contribution in [-0.4, -0.2) is 46.5 Å². The van der Waals surface area contributed by atoms with Gasteiger partial charge >= 0.3 is 5.63 Å². The zero-order valence-electron chi connectivity index (χ0n) is 11.8. The van der Waals surface area contributed by atoms with Gasteiger partial charge in [0.05, 0.1) is 6.61 Å². The summed E-state index contributed by atoms with van der Waals surface area (Å²) in [6.07, 6.45) is -4.52. The van der Waals surface area contributed by atoms with Crippen molar-refractivity contribution in [1.29, 1.82) is 0 Å². The summed E-state index contributed by atoms with van der Waals surface area (Å²) in [4.78, 5) is 11.4. The normalized spacial score (nSPS) is 28.2. The first kappa shape index (κ1) is 15.0. The molecule has 0 aliphatic carbocycles. The quantitative estimate of drug-likeness (QED) is 0.680. The van der Waals surface area contributed by atoms with Crippen molar-refractivity contribution in [3.05, 3.63) is 40.2 Å². The second kappa shape index (κ2) is 5.69. The average molecular weight is 308 g/mol. The molecule has 2 aromatic rings. The standard InChI is InChI=1S/C15H16O7/c1-7-4-12(17)21-10-5-8(2-3-9(7)10)20-15-14(19)13(18)11(6-16)22-15/h2-5,11,13-16,18-19H,6H2,1H3/t11-,13+,14+,15+/m0/s1. The first-order valence-electron chi connectivity index (χ1n) is 6.83. The highest BCUT2D eigenvalue weighted by molar-refractivity contribution is 5.81. The highest BCUT2D eigenvalue weighted by atomic mass is 16.7. The summed E-state index contributed by atoms with van der Waals surface area (Å²) >= 11 is 0. The van der Waals surface area contributed by atoms with E-state index in [0.29, 0.717) is 11.3 Å². The average Bonchev–Trinajstić information content (AvgIpc) is 2.74. The highest BCUT2D eigenvalue weighted by Gasteiger charge is 2.43. The maximum atomic E-state index is 11.4. The Balaban J connectivity index is 1.87. The summed E-state index contributed by atoms with van der Waals surface area (Å²) in [5.41, 5.74) is 0.676. The molecule has 118 valence electrons. The van der Waals surface area contributed by atoms with Gasteiger partial charge in [-0.25, -0.2) is 4.79 Å². The third-order valence-electron chi connectivity index (χ3n) is 3.67. The molecular weight excluding hydrogens is 292 g/mol. The number of aliphatic hydroxyl groups is 3. The summed E-state index contributed by atoms with van der Waals surface area (Å²) in [6, 6.07) is 6.28. The third-order valence-corrected chi connectivity index (χ3v) is 3.67. The van der Waals surface area contributed by atoms with E-state index in [-0.39, 0.29) is 0 Å². The molecule has 0 amide bonds. The predicted molar refractivity (Wildman–Crippen MR) is 75.6 cm³/mol. The molecule has 0 saturated carbocycles. The number of ether oxygens (including phenoxy) is 2. The lowest BCUT2D eigenvalue weighted by Crippen LogP contribution is -2.35. The first-order chi connectivity index (χ1) is 10.5. The minimum absolute atomic E-state index is 0.316. The van der Waals surface area contributed by atoms with E-state index in [1.54, 1.807) is 19.1 Å². The number of aliphatic hydroxyl groups excluding tert-OH is 3. The van der Waals surface area contributed by atoms with Crippen molar-refractivity contribution in [3.8, 4) is 5.75 Å². The molecule has 4 atom stereocenters. The van der Waals surface area contributed by atoms with Gasteiger partial charge in [-0.15, -0.1) is 0 Å². The molecular formula is C15H16O7. The number of hydrogen-bond donors (Lipinski definition) is 3. The first-order valence-corrected chi connectivity index (χ1v) is 6.83. The molecule has 0 unspecified atom stereocenters. The molecule has 0 bridgehead atoms. The van der Waals surface area contributed by atoms with Gasteiger partial charge in [-0.2, -0.15) is 0 Å². The van der Waals surface area contributed by atoms with Gasteiger partial charge in [0.1, 0.15) is 29.6 Å². The van der Waals surface area contributed by atoms with Gasteiger partial charge in [0.15, 0.2) is 0 Å². The van der Waals surface area contributed by atoms with Crippen LogP contribution < -0.4 is 10.4 Å². The number of fused-ring (bicyclic) bond motifs is 1. The molecule has 0 spiro atoms. The Labute approximate surface area is 125 Å². The summed E-state index contributed by atoms with van der Waals surface area (Å²) in [7, 11) is 0.